The molecule has 0 unspecified atom stereocenters. The van der Waals surface area contributed by atoms with Crippen LogP contribution in [0.5, 0.6) is 0 Å². The van der Waals surface area contributed by atoms with E-state index in [1.807, 2.05) is 0 Å². The molecule has 0 bridgehead atoms. The van der Waals surface area contributed by atoms with E-state index in [4.69, 9.17) is 15.6 Å². The summed E-state index contributed by atoms with van der Waals surface area (Å²) in [5.74, 6) is -0.130. The number of sulfonamides is 1. The second-order valence-corrected chi connectivity index (χ2v) is 7.86. The maximum absolute atomic E-state index is 12.4. The molecule has 1 aliphatic carbocycles. The Morgan fingerprint density at radius 3 is 2.42 bits per heavy atom. The van der Waals surface area contributed by atoms with Crippen molar-refractivity contribution >= 4 is 21.8 Å². The SMILES string of the molecule is CCOC(=O)c1c(C2CCCC2)nn(-c2ccc(S(N)(=O)=O)cc2)c1N. The molecule has 2 aromatic rings. The quantitative estimate of drug-likeness (QED) is 0.765. The van der Waals surface area contributed by atoms with Crippen LogP contribution < -0.4 is 10.9 Å². The Labute approximate surface area is 152 Å². The van der Waals surface area contributed by atoms with E-state index in [2.05, 4.69) is 5.10 Å². The molecule has 1 aromatic carbocycles. The third-order valence-corrected chi connectivity index (χ3v) is 5.51. The van der Waals surface area contributed by atoms with Crippen molar-refractivity contribution in [3.8, 4) is 5.69 Å². The first-order valence-electron chi connectivity index (χ1n) is 8.51. The lowest BCUT2D eigenvalue weighted by atomic mass is 10.00. The van der Waals surface area contributed by atoms with E-state index in [0.717, 1.165) is 25.7 Å². The van der Waals surface area contributed by atoms with E-state index in [9.17, 15) is 13.2 Å². The fourth-order valence-electron chi connectivity index (χ4n) is 3.32. The molecule has 1 saturated carbocycles. The minimum Gasteiger partial charge on any atom is -0.462 e. The molecule has 1 aromatic heterocycles. The standard InChI is InChI=1S/C17H22N4O4S/c1-2-25-17(22)14-15(11-5-3-4-6-11)20-21(16(14)18)12-7-9-13(10-8-12)26(19,23)24/h7-11H,2-6,18H2,1H3,(H2,19,23,24). The number of esters is 1. The Bertz CT molecular complexity index is 913. The molecule has 3 rings (SSSR count). The van der Waals surface area contributed by atoms with Crippen LogP contribution >= 0.6 is 0 Å². The highest BCUT2D eigenvalue weighted by molar-refractivity contribution is 7.89. The maximum Gasteiger partial charge on any atom is 0.343 e. The van der Waals surface area contributed by atoms with Crippen molar-refractivity contribution in [3.63, 3.8) is 0 Å². The molecule has 4 N–H and O–H groups in total. The first-order valence-corrected chi connectivity index (χ1v) is 10.1. The van der Waals surface area contributed by atoms with Crippen LogP contribution in [0.3, 0.4) is 0 Å². The highest BCUT2D eigenvalue weighted by Gasteiger charge is 2.30. The van der Waals surface area contributed by atoms with Crippen molar-refractivity contribution < 1.29 is 17.9 Å². The summed E-state index contributed by atoms with van der Waals surface area (Å²) in [5.41, 5.74) is 7.71. The number of anilines is 1. The summed E-state index contributed by atoms with van der Waals surface area (Å²) in [6, 6.07) is 5.86. The number of aromatic nitrogens is 2. The fraction of sp³-hybridized carbons (Fsp3) is 0.412. The van der Waals surface area contributed by atoms with Gasteiger partial charge in [0, 0.05) is 5.92 Å². The van der Waals surface area contributed by atoms with E-state index < -0.39 is 16.0 Å². The van der Waals surface area contributed by atoms with Crippen molar-refractivity contribution in [3.05, 3.63) is 35.5 Å². The predicted octanol–water partition coefficient (Wildman–Crippen LogP) is 1.94. The Kier molecular flexibility index (Phi) is 5.01. The van der Waals surface area contributed by atoms with Crippen LogP contribution in [0.15, 0.2) is 29.2 Å². The van der Waals surface area contributed by atoms with Gasteiger partial charge in [0.1, 0.15) is 11.4 Å². The molecule has 1 fully saturated rings. The molecule has 0 radical (unpaired) electrons. The molecule has 26 heavy (non-hydrogen) atoms. The number of hydrogen-bond acceptors (Lipinski definition) is 6. The number of nitrogen functional groups attached to an aromatic ring is 1. The van der Waals surface area contributed by atoms with Crippen molar-refractivity contribution in [1.29, 1.82) is 0 Å². The number of benzene rings is 1. The van der Waals surface area contributed by atoms with Gasteiger partial charge in [-0.1, -0.05) is 12.8 Å². The monoisotopic (exact) mass is 378 g/mol. The number of primary sulfonamides is 1. The smallest absolute Gasteiger partial charge is 0.343 e. The zero-order valence-corrected chi connectivity index (χ0v) is 15.3. The number of rotatable bonds is 5. The third kappa shape index (κ3) is 3.45. The number of hydrogen-bond donors (Lipinski definition) is 2. The van der Waals surface area contributed by atoms with E-state index in [-0.39, 0.29) is 23.2 Å². The average Bonchev–Trinajstić information content (AvgIpc) is 3.22. The van der Waals surface area contributed by atoms with Gasteiger partial charge in [0.15, 0.2) is 0 Å². The Morgan fingerprint density at radius 1 is 1.27 bits per heavy atom. The summed E-state index contributed by atoms with van der Waals surface area (Å²) >= 11 is 0. The average molecular weight is 378 g/mol. The highest BCUT2D eigenvalue weighted by atomic mass is 32.2. The van der Waals surface area contributed by atoms with Gasteiger partial charge >= 0.3 is 5.97 Å². The molecule has 0 amide bonds. The van der Waals surface area contributed by atoms with Gasteiger partial charge in [0.05, 0.1) is 22.9 Å². The zero-order chi connectivity index (χ0) is 18.9. The van der Waals surface area contributed by atoms with Crippen LogP contribution in [0.1, 0.15) is 54.6 Å². The van der Waals surface area contributed by atoms with E-state index in [1.54, 1.807) is 19.1 Å². The summed E-state index contributed by atoms with van der Waals surface area (Å²) in [5, 5.41) is 9.69. The molecule has 0 saturated heterocycles. The van der Waals surface area contributed by atoms with Crippen LogP contribution in [0.2, 0.25) is 0 Å². The zero-order valence-electron chi connectivity index (χ0n) is 14.5. The van der Waals surface area contributed by atoms with E-state index in [1.165, 1.54) is 16.8 Å². The van der Waals surface area contributed by atoms with Crippen molar-refractivity contribution in [2.75, 3.05) is 12.3 Å². The molecule has 8 nitrogen and oxygen atoms in total. The molecule has 9 heteroatoms. The van der Waals surface area contributed by atoms with Gasteiger partial charge < -0.3 is 10.5 Å². The molecule has 140 valence electrons. The van der Waals surface area contributed by atoms with Crippen molar-refractivity contribution in [2.45, 2.75) is 43.4 Å². The Hall–Kier alpha value is -2.39. The molecular formula is C17H22N4O4S. The van der Waals surface area contributed by atoms with Crippen LogP contribution in [0.25, 0.3) is 5.69 Å². The summed E-state index contributed by atoms with van der Waals surface area (Å²) in [6.45, 7) is 1.98. The van der Waals surface area contributed by atoms with Crippen LogP contribution in [0.4, 0.5) is 5.82 Å². The van der Waals surface area contributed by atoms with Crippen molar-refractivity contribution in [2.24, 2.45) is 5.14 Å². The minimum absolute atomic E-state index is 0.00592. The second-order valence-electron chi connectivity index (χ2n) is 6.30. The molecule has 1 heterocycles. The minimum atomic E-state index is -3.78. The molecule has 1 aliphatic rings. The maximum atomic E-state index is 12.4. The number of ether oxygens (including phenoxy) is 1. The fourth-order valence-corrected chi connectivity index (χ4v) is 3.84. The van der Waals surface area contributed by atoms with Gasteiger partial charge in [-0.05, 0) is 44.0 Å². The largest absolute Gasteiger partial charge is 0.462 e. The highest BCUT2D eigenvalue weighted by Crippen LogP contribution is 2.37. The normalized spacial score (nSPS) is 15.3. The summed E-state index contributed by atoms with van der Waals surface area (Å²) in [4.78, 5) is 12.4. The molecule has 0 atom stereocenters. The van der Waals surface area contributed by atoms with Gasteiger partial charge in [-0.15, -0.1) is 0 Å². The second kappa shape index (κ2) is 7.08. The topological polar surface area (TPSA) is 130 Å². The van der Waals surface area contributed by atoms with Gasteiger partial charge in [-0.25, -0.2) is 23.0 Å². The first kappa shape index (κ1) is 18.4. The van der Waals surface area contributed by atoms with Gasteiger partial charge in [0.2, 0.25) is 10.0 Å². The number of nitrogens with two attached hydrogens (primary N) is 2. The van der Waals surface area contributed by atoms with Crippen LogP contribution in [-0.2, 0) is 14.8 Å². The summed E-state index contributed by atoms with van der Waals surface area (Å²) in [7, 11) is -3.78. The molecular weight excluding hydrogens is 356 g/mol. The van der Waals surface area contributed by atoms with Crippen LogP contribution in [0, 0.1) is 0 Å². The van der Waals surface area contributed by atoms with Gasteiger partial charge in [-0.3, -0.25) is 0 Å². The van der Waals surface area contributed by atoms with E-state index >= 15 is 0 Å². The van der Waals surface area contributed by atoms with Gasteiger partial charge in [-0.2, -0.15) is 5.10 Å². The predicted molar refractivity (Wildman–Crippen MR) is 96.5 cm³/mol. The summed E-state index contributed by atoms with van der Waals surface area (Å²) < 4.78 is 29.4. The number of nitrogens with zero attached hydrogens (tertiary/aromatic N) is 2. The molecule has 0 spiro atoms. The molecule has 0 aliphatic heterocycles. The van der Waals surface area contributed by atoms with Crippen LogP contribution in [-0.4, -0.2) is 30.8 Å². The number of carbonyl (C=O) groups excluding carboxylic acids is 1. The third-order valence-electron chi connectivity index (χ3n) is 4.58. The lowest BCUT2D eigenvalue weighted by molar-refractivity contribution is 0.0525. The summed E-state index contributed by atoms with van der Waals surface area (Å²) in [6.07, 6.45) is 4.08. The first-order chi connectivity index (χ1) is 12.3. The lowest BCUT2D eigenvalue weighted by Gasteiger charge is -2.08. The Morgan fingerprint density at radius 2 is 1.88 bits per heavy atom. The Balaban J connectivity index is 2.07. The van der Waals surface area contributed by atoms with Gasteiger partial charge in [0.25, 0.3) is 0 Å². The number of carbonyl (C=O) groups is 1. The van der Waals surface area contributed by atoms with E-state index in [0.29, 0.717) is 16.9 Å². The lowest BCUT2D eigenvalue weighted by Crippen LogP contribution is -2.12. The van der Waals surface area contributed by atoms with Crippen molar-refractivity contribution in [1.82, 2.24) is 9.78 Å².